The third kappa shape index (κ3) is 6.85. The molecule has 0 bridgehead atoms. The maximum absolute atomic E-state index is 14.4. The number of nitrogens with two attached hydrogens (primary N) is 1. The van der Waals surface area contributed by atoms with Gasteiger partial charge in [0, 0.05) is 24.7 Å². The molecular formula is C17H24ClFN4O3S2. The number of anilines is 2. The van der Waals surface area contributed by atoms with E-state index in [1.54, 1.807) is 5.38 Å². The van der Waals surface area contributed by atoms with E-state index in [2.05, 4.69) is 15.0 Å². The molecule has 1 heterocycles. The SMILES string of the molecule is NC[C@H](O)CCCCCCNc1cc(F)c(S(=O)(=O)Nc2nccs2)cc1Cl. The number of benzene rings is 1. The fourth-order valence-electron chi connectivity index (χ4n) is 2.51. The van der Waals surface area contributed by atoms with Crippen molar-refractivity contribution in [1.82, 2.24) is 4.98 Å². The van der Waals surface area contributed by atoms with E-state index in [0.29, 0.717) is 18.7 Å². The Kier molecular flexibility index (Phi) is 8.90. The molecule has 0 unspecified atom stereocenters. The van der Waals surface area contributed by atoms with Gasteiger partial charge < -0.3 is 16.2 Å². The van der Waals surface area contributed by atoms with Gasteiger partial charge in [0.05, 0.1) is 16.8 Å². The second-order valence-electron chi connectivity index (χ2n) is 6.22. The van der Waals surface area contributed by atoms with Crippen LogP contribution in [-0.2, 0) is 10.0 Å². The predicted octanol–water partition coefficient (Wildman–Crippen LogP) is 3.42. The Morgan fingerprint density at radius 2 is 2.04 bits per heavy atom. The number of hydrogen-bond donors (Lipinski definition) is 4. The van der Waals surface area contributed by atoms with Crippen LogP contribution in [0.3, 0.4) is 0 Å². The number of aromatic nitrogens is 1. The first-order chi connectivity index (χ1) is 13.3. The van der Waals surface area contributed by atoms with Crippen molar-refractivity contribution in [2.45, 2.75) is 43.1 Å². The van der Waals surface area contributed by atoms with Crippen LogP contribution in [0.2, 0.25) is 5.02 Å². The number of nitrogens with zero attached hydrogens (tertiary/aromatic N) is 1. The Labute approximate surface area is 173 Å². The van der Waals surface area contributed by atoms with Gasteiger partial charge in [-0.3, -0.25) is 4.72 Å². The molecular weight excluding hydrogens is 427 g/mol. The van der Waals surface area contributed by atoms with Crippen molar-refractivity contribution < 1.29 is 17.9 Å². The summed E-state index contributed by atoms with van der Waals surface area (Å²) in [4.78, 5) is 3.29. The van der Waals surface area contributed by atoms with Crippen molar-refractivity contribution in [3.8, 4) is 0 Å². The Bertz CT molecular complexity index is 850. The standard InChI is InChI=1S/C17H24ClFN4O3S2/c18-13-9-16(28(25,26)23-17-22-7-8-27-17)14(19)10-15(13)21-6-4-2-1-3-5-12(24)11-20/h7-10,12,21,24H,1-6,11,20H2,(H,22,23)/t12-/m1/s1. The molecule has 1 atom stereocenters. The molecule has 5 N–H and O–H groups in total. The molecule has 0 fully saturated rings. The molecule has 0 saturated carbocycles. The van der Waals surface area contributed by atoms with Crippen LogP contribution >= 0.6 is 22.9 Å². The van der Waals surface area contributed by atoms with E-state index in [1.807, 2.05) is 0 Å². The van der Waals surface area contributed by atoms with Crippen LogP contribution in [0, 0.1) is 5.82 Å². The molecule has 2 aromatic rings. The van der Waals surface area contributed by atoms with Gasteiger partial charge in [0.25, 0.3) is 10.0 Å². The van der Waals surface area contributed by atoms with Crippen molar-refractivity contribution in [3.05, 3.63) is 34.5 Å². The van der Waals surface area contributed by atoms with Crippen LogP contribution in [0.4, 0.5) is 15.2 Å². The summed E-state index contributed by atoms with van der Waals surface area (Å²) in [6, 6.07) is 2.17. The quantitative estimate of drug-likeness (QED) is 0.368. The Hall–Kier alpha value is -1.46. The lowest BCUT2D eigenvalue weighted by Crippen LogP contribution is -2.19. The Morgan fingerprint density at radius 1 is 1.29 bits per heavy atom. The van der Waals surface area contributed by atoms with Crippen molar-refractivity contribution in [3.63, 3.8) is 0 Å². The number of rotatable bonds is 12. The minimum absolute atomic E-state index is 0.118. The lowest BCUT2D eigenvalue weighted by molar-refractivity contribution is 0.169. The predicted molar refractivity (Wildman–Crippen MR) is 111 cm³/mol. The summed E-state index contributed by atoms with van der Waals surface area (Å²) in [6.07, 6.45) is 5.31. The Morgan fingerprint density at radius 3 is 2.71 bits per heavy atom. The molecule has 0 aliphatic carbocycles. The first kappa shape index (κ1) is 22.8. The van der Waals surface area contributed by atoms with Crippen molar-refractivity contribution >= 4 is 43.8 Å². The fraction of sp³-hybridized carbons (Fsp3) is 0.471. The van der Waals surface area contributed by atoms with Gasteiger partial charge in [-0.05, 0) is 25.0 Å². The summed E-state index contributed by atoms with van der Waals surface area (Å²) in [7, 11) is -4.12. The highest BCUT2D eigenvalue weighted by Crippen LogP contribution is 2.29. The van der Waals surface area contributed by atoms with Crippen LogP contribution in [0.25, 0.3) is 0 Å². The van der Waals surface area contributed by atoms with E-state index in [4.69, 9.17) is 17.3 Å². The number of halogens is 2. The number of aliphatic hydroxyl groups is 1. The van der Waals surface area contributed by atoms with Gasteiger partial charge in [0.15, 0.2) is 5.13 Å². The molecule has 0 aliphatic heterocycles. The molecule has 0 amide bonds. The summed E-state index contributed by atoms with van der Waals surface area (Å²) in [5.41, 5.74) is 5.69. The normalized spacial score (nSPS) is 12.7. The first-order valence-electron chi connectivity index (χ1n) is 8.87. The average Bonchev–Trinajstić information content (AvgIpc) is 3.15. The highest BCUT2D eigenvalue weighted by molar-refractivity contribution is 7.93. The molecule has 0 aliphatic rings. The zero-order chi connectivity index (χ0) is 20.6. The molecule has 2 rings (SSSR count). The van der Waals surface area contributed by atoms with Gasteiger partial charge in [0.1, 0.15) is 10.7 Å². The summed E-state index contributed by atoms with van der Waals surface area (Å²) in [5.74, 6) is -0.897. The van der Waals surface area contributed by atoms with Crippen LogP contribution in [-0.4, -0.2) is 37.7 Å². The summed E-state index contributed by atoms with van der Waals surface area (Å²) < 4.78 is 41.2. The van der Waals surface area contributed by atoms with Crippen LogP contribution in [0.15, 0.2) is 28.6 Å². The summed E-state index contributed by atoms with van der Waals surface area (Å²) in [6.45, 7) is 0.846. The molecule has 0 saturated heterocycles. The van der Waals surface area contributed by atoms with Crippen LogP contribution in [0.5, 0.6) is 0 Å². The number of sulfonamides is 1. The minimum Gasteiger partial charge on any atom is -0.392 e. The zero-order valence-electron chi connectivity index (χ0n) is 15.2. The lowest BCUT2D eigenvalue weighted by Gasteiger charge is -2.12. The third-order valence-corrected chi connectivity index (χ3v) is 6.50. The second kappa shape index (κ2) is 10.9. The topological polar surface area (TPSA) is 117 Å². The molecule has 1 aromatic heterocycles. The van der Waals surface area contributed by atoms with Crippen molar-refractivity contribution in [2.75, 3.05) is 23.1 Å². The summed E-state index contributed by atoms with van der Waals surface area (Å²) >= 11 is 7.22. The van der Waals surface area contributed by atoms with E-state index in [1.165, 1.54) is 6.20 Å². The van der Waals surface area contributed by atoms with Gasteiger partial charge >= 0.3 is 0 Å². The maximum atomic E-state index is 14.4. The van der Waals surface area contributed by atoms with Gasteiger partial charge in [-0.2, -0.15) is 0 Å². The average molecular weight is 451 g/mol. The van der Waals surface area contributed by atoms with E-state index < -0.39 is 26.8 Å². The molecule has 0 radical (unpaired) electrons. The fourth-order valence-corrected chi connectivity index (χ4v) is 4.68. The largest absolute Gasteiger partial charge is 0.392 e. The molecule has 1 aromatic carbocycles. The zero-order valence-corrected chi connectivity index (χ0v) is 17.6. The van der Waals surface area contributed by atoms with Crippen LogP contribution < -0.4 is 15.8 Å². The summed E-state index contributed by atoms with van der Waals surface area (Å²) in [5, 5.41) is 14.3. The van der Waals surface area contributed by atoms with Crippen molar-refractivity contribution in [2.24, 2.45) is 5.73 Å². The highest BCUT2D eigenvalue weighted by atomic mass is 35.5. The smallest absolute Gasteiger partial charge is 0.266 e. The number of nitrogens with one attached hydrogen (secondary N) is 2. The van der Waals surface area contributed by atoms with Gasteiger partial charge in [-0.25, -0.2) is 17.8 Å². The van der Waals surface area contributed by atoms with E-state index in [9.17, 15) is 17.9 Å². The number of aliphatic hydroxyl groups excluding tert-OH is 1. The number of thiazole rings is 1. The first-order valence-corrected chi connectivity index (χ1v) is 11.6. The van der Waals surface area contributed by atoms with Gasteiger partial charge in [-0.15, -0.1) is 11.3 Å². The number of unbranched alkanes of at least 4 members (excludes halogenated alkanes) is 3. The van der Waals surface area contributed by atoms with Gasteiger partial charge in [0.2, 0.25) is 0 Å². The van der Waals surface area contributed by atoms with E-state index >= 15 is 0 Å². The van der Waals surface area contributed by atoms with E-state index in [-0.39, 0.29) is 16.7 Å². The molecule has 0 spiro atoms. The molecule has 28 heavy (non-hydrogen) atoms. The van der Waals surface area contributed by atoms with E-state index in [0.717, 1.165) is 49.2 Å². The molecule has 156 valence electrons. The minimum atomic E-state index is -4.12. The lowest BCUT2D eigenvalue weighted by atomic mass is 10.1. The molecule has 11 heteroatoms. The molecule has 7 nitrogen and oxygen atoms in total. The highest BCUT2D eigenvalue weighted by Gasteiger charge is 2.22. The third-order valence-electron chi connectivity index (χ3n) is 4.02. The monoisotopic (exact) mass is 450 g/mol. The Balaban J connectivity index is 1.87. The number of hydrogen-bond acceptors (Lipinski definition) is 7. The van der Waals surface area contributed by atoms with Crippen LogP contribution in [0.1, 0.15) is 32.1 Å². The van der Waals surface area contributed by atoms with Crippen molar-refractivity contribution in [1.29, 1.82) is 0 Å². The second-order valence-corrected chi connectivity index (χ2v) is 9.18. The van der Waals surface area contributed by atoms with Gasteiger partial charge in [-0.1, -0.05) is 30.9 Å². The maximum Gasteiger partial charge on any atom is 0.266 e.